The van der Waals surface area contributed by atoms with Crippen LogP contribution in [0.1, 0.15) is 12.8 Å². The maximum Gasteiger partial charge on any atom is 0.0625 e. The fraction of sp³-hybridized carbons (Fsp3) is 0.714. The standard InChI is InChI=1S/C7H11N2OP/c8-3-1-5-11(7-10)6-2-4-9/h10H,1-2,5-7H2. The van der Waals surface area contributed by atoms with Gasteiger partial charge in [0.1, 0.15) is 0 Å². The minimum absolute atomic E-state index is 0.151. The number of nitriles is 2. The molecule has 0 unspecified atom stereocenters. The molecule has 0 aromatic carbocycles. The SMILES string of the molecule is N#CCCP(CO)CCC#N. The Morgan fingerprint density at radius 3 is 1.82 bits per heavy atom. The van der Waals surface area contributed by atoms with Crippen molar-refractivity contribution in [2.45, 2.75) is 12.8 Å². The van der Waals surface area contributed by atoms with Gasteiger partial charge in [0.2, 0.25) is 0 Å². The summed E-state index contributed by atoms with van der Waals surface area (Å²) in [7, 11) is -0.460. The molecule has 0 aromatic rings. The second-order valence-electron chi connectivity index (χ2n) is 2.08. The maximum absolute atomic E-state index is 8.79. The Labute approximate surface area is 68.0 Å². The lowest BCUT2D eigenvalue weighted by molar-refractivity contribution is 0.369. The van der Waals surface area contributed by atoms with Gasteiger partial charge in [-0.25, -0.2) is 0 Å². The van der Waals surface area contributed by atoms with Gasteiger partial charge in [-0.1, -0.05) is 7.92 Å². The zero-order valence-corrected chi connectivity index (χ0v) is 7.22. The summed E-state index contributed by atoms with van der Waals surface area (Å²) in [4.78, 5) is 0. The first kappa shape index (κ1) is 10.4. The number of aliphatic hydroxyl groups excluding tert-OH is 1. The van der Waals surface area contributed by atoms with E-state index in [1.165, 1.54) is 0 Å². The molecule has 0 bridgehead atoms. The van der Waals surface area contributed by atoms with Gasteiger partial charge in [0, 0.05) is 12.8 Å². The maximum atomic E-state index is 8.79. The van der Waals surface area contributed by atoms with Gasteiger partial charge >= 0.3 is 0 Å². The highest BCUT2D eigenvalue weighted by atomic mass is 31.1. The van der Waals surface area contributed by atoms with Gasteiger partial charge in [-0.05, 0) is 12.3 Å². The van der Waals surface area contributed by atoms with E-state index in [1.54, 1.807) is 0 Å². The molecule has 0 aliphatic heterocycles. The minimum Gasteiger partial charge on any atom is -0.392 e. The number of hydrogen-bond donors (Lipinski definition) is 1. The summed E-state index contributed by atoms with van der Waals surface area (Å²) >= 11 is 0. The van der Waals surface area contributed by atoms with Crippen LogP contribution >= 0.6 is 7.92 Å². The fourth-order valence-corrected chi connectivity index (χ4v) is 2.01. The molecule has 0 rings (SSSR count). The van der Waals surface area contributed by atoms with Crippen molar-refractivity contribution >= 4 is 7.92 Å². The van der Waals surface area contributed by atoms with E-state index in [0.717, 1.165) is 12.3 Å². The van der Waals surface area contributed by atoms with Gasteiger partial charge in [0.05, 0.1) is 18.5 Å². The second-order valence-corrected chi connectivity index (χ2v) is 4.59. The molecule has 0 spiro atoms. The largest absolute Gasteiger partial charge is 0.392 e. The van der Waals surface area contributed by atoms with Crippen LogP contribution in [0.25, 0.3) is 0 Å². The summed E-state index contributed by atoms with van der Waals surface area (Å²) in [5.74, 6) is 0. The second kappa shape index (κ2) is 7.48. The Morgan fingerprint density at radius 1 is 1.09 bits per heavy atom. The van der Waals surface area contributed by atoms with Gasteiger partial charge in [0.15, 0.2) is 0 Å². The van der Waals surface area contributed by atoms with Crippen LogP contribution in [0.15, 0.2) is 0 Å². The third-order valence-corrected chi connectivity index (χ3v) is 3.39. The number of rotatable bonds is 5. The van der Waals surface area contributed by atoms with Crippen molar-refractivity contribution in [3.05, 3.63) is 0 Å². The molecule has 11 heavy (non-hydrogen) atoms. The average molecular weight is 170 g/mol. The third kappa shape index (κ3) is 5.80. The zero-order valence-electron chi connectivity index (χ0n) is 6.32. The highest BCUT2D eigenvalue weighted by molar-refractivity contribution is 7.57. The molecule has 0 atom stereocenters. The van der Waals surface area contributed by atoms with Crippen molar-refractivity contribution in [1.29, 1.82) is 10.5 Å². The molecule has 60 valence electrons. The molecule has 0 heterocycles. The first-order valence-corrected chi connectivity index (χ1v) is 5.32. The van der Waals surface area contributed by atoms with E-state index in [4.69, 9.17) is 15.6 Å². The molecule has 0 aliphatic carbocycles. The number of hydrogen-bond acceptors (Lipinski definition) is 3. The van der Waals surface area contributed by atoms with Gasteiger partial charge in [-0.15, -0.1) is 0 Å². The Kier molecular flexibility index (Phi) is 7.05. The van der Waals surface area contributed by atoms with E-state index in [-0.39, 0.29) is 6.35 Å². The van der Waals surface area contributed by atoms with E-state index in [2.05, 4.69) is 0 Å². The van der Waals surface area contributed by atoms with Crippen molar-refractivity contribution in [3.63, 3.8) is 0 Å². The lowest BCUT2D eigenvalue weighted by Gasteiger charge is -2.09. The summed E-state index contributed by atoms with van der Waals surface area (Å²) in [6, 6.07) is 4.06. The van der Waals surface area contributed by atoms with E-state index in [0.29, 0.717) is 12.8 Å². The summed E-state index contributed by atoms with van der Waals surface area (Å²) < 4.78 is 0. The molecule has 3 nitrogen and oxygen atoms in total. The Hall–Kier alpha value is -0.630. The van der Waals surface area contributed by atoms with E-state index in [1.807, 2.05) is 12.1 Å². The van der Waals surface area contributed by atoms with Crippen LogP contribution < -0.4 is 0 Å². The molecule has 0 amide bonds. The molecule has 0 radical (unpaired) electrons. The summed E-state index contributed by atoms with van der Waals surface area (Å²) in [5.41, 5.74) is 0. The van der Waals surface area contributed by atoms with Gasteiger partial charge < -0.3 is 5.11 Å². The molecule has 0 aromatic heterocycles. The third-order valence-electron chi connectivity index (χ3n) is 1.28. The van der Waals surface area contributed by atoms with Crippen molar-refractivity contribution < 1.29 is 5.11 Å². The van der Waals surface area contributed by atoms with Crippen molar-refractivity contribution in [1.82, 2.24) is 0 Å². The number of aliphatic hydroxyl groups is 1. The van der Waals surface area contributed by atoms with Crippen LogP contribution in [-0.2, 0) is 0 Å². The Balaban J connectivity index is 3.44. The van der Waals surface area contributed by atoms with Crippen LogP contribution in [0.4, 0.5) is 0 Å². The molecular formula is C7H11N2OP. The van der Waals surface area contributed by atoms with Crippen LogP contribution in [0.5, 0.6) is 0 Å². The van der Waals surface area contributed by atoms with Gasteiger partial charge in [-0.2, -0.15) is 10.5 Å². The first-order valence-electron chi connectivity index (χ1n) is 3.42. The van der Waals surface area contributed by atoms with Crippen LogP contribution in [-0.4, -0.2) is 23.8 Å². The van der Waals surface area contributed by atoms with Crippen molar-refractivity contribution in [2.75, 3.05) is 18.7 Å². The first-order chi connectivity index (χ1) is 5.35. The quantitative estimate of drug-likeness (QED) is 0.631. The Morgan fingerprint density at radius 2 is 1.55 bits per heavy atom. The highest BCUT2D eigenvalue weighted by Crippen LogP contribution is 2.34. The molecular weight excluding hydrogens is 159 g/mol. The van der Waals surface area contributed by atoms with E-state index >= 15 is 0 Å². The van der Waals surface area contributed by atoms with E-state index < -0.39 is 7.92 Å². The lowest BCUT2D eigenvalue weighted by atomic mass is 10.5. The van der Waals surface area contributed by atoms with Crippen LogP contribution in [0.3, 0.4) is 0 Å². The monoisotopic (exact) mass is 170 g/mol. The summed E-state index contributed by atoms with van der Waals surface area (Å²) in [5, 5.41) is 25.3. The van der Waals surface area contributed by atoms with Crippen molar-refractivity contribution in [2.24, 2.45) is 0 Å². The normalized spacial score (nSPS) is 9.09. The van der Waals surface area contributed by atoms with Crippen molar-refractivity contribution in [3.8, 4) is 12.1 Å². The van der Waals surface area contributed by atoms with Gasteiger partial charge in [-0.3, -0.25) is 0 Å². The molecule has 1 N–H and O–H groups in total. The predicted octanol–water partition coefficient (Wildman–Crippen LogP) is 1.25. The Bertz CT molecular complexity index is 152. The lowest BCUT2D eigenvalue weighted by Crippen LogP contribution is -1.93. The van der Waals surface area contributed by atoms with E-state index in [9.17, 15) is 0 Å². The summed E-state index contributed by atoms with van der Waals surface area (Å²) in [6.07, 6.45) is 2.68. The van der Waals surface area contributed by atoms with Crippen LogP contribution in [0, 0.1) is 22.7 Å². The topological polar surface area (TPSA) is 67.8 Å². The molecule has 0 fully saturated rings. The van der Waals surface area contributed by atoms with Gasteiger partial charge in [0.25, 0.3) is 0 Å². The molecule has 0 saturated heterocycles. The fourth-order valence-electron chi connectivity index (χ4n) is 0.669. The smallest absolute Gasteiger partial charge is 0.0625 e. The minimum atomic E-state index is -0.460. The molecule has 0 aliphatic rings. The molecule has 4 heteroatoms. The highest BCUT2D eigenvalue weighted by Gasteiger charge is 2.04. The predicted molar refractivity (Wildman–Crippen MR) is 44.2 cm³/mol. The summed E-state index contributed by atoms with van der Waals surface area (Å²) in [6.45, 7) is 0. The number of nitrogens with zero attached hydrogens (tertiary/aromatic N) is 2. The zero-order chi connectivity index (χ0) is 8.53. The molecule has 0 saturated carbocycles. The average Bonchev–Trinajstić information content (AvgIpc) is 2.05. The van der Waals surface area contributed by atoms with Crippen LogP contribution in [0.2, 0.25) is 0 Å².